The number of nitrogen functional groups attached to an aromatic ring is 1. The highest BCUT2D eigenvalue weighted by atomic mass is 16.5. The molecule has 2 heterocycles. The van der Waals surface area contributed by atoms with Gasteiger partial charge in [-0.25, -0.2) is 4.68 Å². The Morgan fingerprint density at radius 2 is 1.88 bits per heavy atom. The van der Waals surface area contributed by atoms with Crippen LogP contribution in [0.25, 0.3) is 22.8 Å². The highest BCUT2D eigenvalue weighted by Gasteiger charge is 2.24. The van der Waals surface area contributed by atoms with Crippen LogP contribution in [0.15, 0.2) is 53.1 Å². The first-order valence-corrected chi connectivity index (χ1v) is 10.4. The standard InChI is InChI=1S/C23H25N7O3/c1-4-25-22-19(23-27-21(29-33-23)15-7-11-17(32-3)12-8-15)20(24)30(28-22)13-18(31)26-16-9-5-14(2)6-10-16/h5-12H,4,13,24H2,1-3H3,(H,25,28)(H,26,31). The fourth-order valence-electron chi connectivity index (χ4n) is 3.25. The molecule has 0 saturated heterocycles. The van der Waals surface area contributed by atoms with Crippen LogP contribution in [0.4, 0.5) is 17.3 Å². The maximum Gasteiger partial charge on any atom is 0.265 e. The van der Waals surface area contributed by atoms with Gasteiger partial charge in [-0.05, 0) is 50.2 Å². The average molecular weight is 447 g/mol. The molecule has 0 bridgehead atoms. The Labute approximate surface area is 190 Å². The van der Waals surface area contributed by atoms with Crippen LogP contribution in [0.5, 0.6) is 5.75 Å². The molecule has 170 valence electrons. The third kappa shape index (κ3) is 4.79. The van der Waals surface area contributed by atoms with Gasteiger partial charge >= 0.3 is 0 Å². The van der Waals surface area contributed by atoms with Crippen molar-refractivity contribution in [3.05, 3.63) is 54.1 Å². The number of methoxy groups -OCH3 is 1. The van der Waals surface area contributed by atoms with Gasteiger partial charge in [-0.15, -0.1) is 0 Å². The number of nitrogens with one attached hydrogen (secondary N) is 2. The number of carbonyl (C=O) groups is 1. The summed E-state index contributed by atoms with van der Waals surface area (Å²) in [5, 5.41) is 14.5. The van der Waals surface area contributed by atoms with Crippen molar-refractivity contribution in [2.45, 2.75) is 20.4 Å². The Bertz CT molecular complexity index is 1240. The summed E-state index contributed by atoms with van der Waals surface area (Å²) < 4.78 is 12.1. The third-order valence-electron chi connectivity index (χ3n) is 4.95. The lowest BCUT2D eigenvalue weighted by molar-refractivity contribution is -0.116. The molecule has 4 N–H and O–H groups in total. The molecule has 4 aromatic rings. The van der Waals surface area contributed by atoms with Crippen molar-refractivity contribution < 1.29 is 14.1 Å². The van der Waals surface area contributed by atoms with E-state index in [0.29, 0.717) is 29.4 Å². The summed E-state index contributed by atoms with van der Waals surface area (Å²) in [6.07, 6.45) is 0. The minimum atomic E-state index is -0.257. The Morgan fingerprint density at radius 3 is 2.55 bits per heavy atom. The van der Waals surface area contributed by atoms with Gasteiger partial charge in [-0.2, -0.15) is 10.1 Å². The molecule has 10 heteroatoms. The first kappa shape index (κ1) is 21.9. The van der Waals surface area contributed by atoms with Gasteiger partial charge in [0.25, 0.3) is 5.89 Å². The molecule has 2 aromatic heterocycles. The quantitative estimate of drug-likeness (QED) is 0.373. The van der Waals surface area contributed by atoms with Gasteiger partial charge in [-0.1, -0.05) is 22.9 Å². The summed E-state index contributed by atoms with van der Waals surface area (Å²) in [6, 6.07) is 14.8. The minimum Gasteiger partial charge on any atom is -0.497 e. The van der Waals surface area contributed by atoms with Crippen LogP contribution in [-0.2, 0) is 11.3 Å². The van der Waals surface area contributed by atoms with Crippen molar-refractivity contribution >= 4 is 23.2 Å². The molecule has 33 heavy (non-hydrogen) atoms. The van der Waals surface area contributed by atoms with Gasteiger partial charge in [0.2, 0.25) is 11.7 Å². The van der Waals surface area contributed by atoms with E-state index in [9.17, 15) is 4.79 Å². The summed E-state index contributed by atoms with van der Waals surface area (Å²) in [5.41, 5.74) is 9.37. The van der Waals surface area contributed by atoms with Crippen LogP contribution in [0.1, 0.15) is 12.5 Å². The van der Waals surface area contributed by atoms with E-state index in [1.807, 2.05) is 62.4 Å². The van der Waals surface area contributed by atoms with Crippen molar-refractivity contribution in [2.24, 2.45) is 0 Å². The zero-order chi connectivity index (χ0) is 23.4. The Balaban J connectivity index is 1.59. The number of hydrogen-bond acceptors (Lipinski definition) is 8. The number of hydrogen-bond donors (Lipinski definition) is 3. The number of anilines is 3. The van der Waals surface area contributed by atoms with E-state index in [4.69, 9.17) is 15.0 Å². The average Bonchev–Trinajstić information content (AvgIpc) is 3.40. The highest BCUT2D eigenvalue weighted by Crippen LogP contribution is 2.33. The van der Waals surface area contributed by atoms with E-state index < -0.39 is 0 Å². The topological polar surface area (TPSA) is 133 Å². The fraction of sp³-hybridized carbons (Fsp3) is 0.217. The van der Waals surface area contributed by atoms with Crippen LogP contribution >= 0.6 is 0 Å². The second-order valence-electron chi connectivity index (χ2n) is 7.36. The third-order valence-corrected chi connectivity index (χ3v) is 4.95. The lowest BCUT2D eigenvalue weighted by atomic mass is 10.2. The van der Waals surface area contributed by atoms with Crippen molar-refractivity contribution in [1.29, 1.82) is 0 Å². The van der Waals surface area contributed by atoms with Crippen LogP contribution in [0, 0.1) is 6.92 Å². The molecule has 1 amide bonds. The highest BCUT2D eigenvalue weighted by molar-refractivity contribution is 5.91. The zero-order valence-electron chi connectivity index (χ0n) is 18.6. The molecular weight excluding hydrogens is 422 g/mol. The predicted molar refractivity (Wildman–Crippen MR) is 126 cm³/mol. The lowest BCUT2D eigenvalue weighted by Gasteiger charge is -2.07. The summed E-state index contributed by atoms with van der Waals surface area (Å²) in [6.45, 7) is 4.44. The van der Waals surface area contributed by atoms with E-state index in [1.54, 1.807) is 7.11 Å². The molecule has 0 unspecified atom stereocenters. The van der Waals surface area contributed by atoms with Gasteiger partial charge in [0, 0.05) is 17.8 Å². The van der Waals surface area contributed by atoms with Gasteiger partial charge in [0.1, 0.15) is 23.7 Å². The second-order valence-corrected chi connectivity index (χ2v) is 7.36. The Hall–Kier alpha value is -4.34. The normalized spacial score (nSPS) is 10.8. The molecule has 0 atom stereocenters. The van der Waals surface area contributed by atoms with Crippen LogP contribution in [0.2, 0.25) is 0 Å². The molecule has 0 fully saturated rings. The predicted octanol–water partition coefficient (Wildman–Crippen LogP) is 3.57. The van der Waals surface area contributed by atoms with Gasteiger partial charge in [-0.3, -0.25) is 4.79 Å². The number of amides is 1. The van der Waals surface area contributed by atoms with E-state index in [1.165, 1.54) is 4.68 Å². The number of nitrogens with two attached hydrogens (primary N) is 1. The molecule has 0 spiro atoms. The number of ether oxygens (including phenoxy) is 1. The Morgan fingerprint density at radius 1 is 1.15 bits per heavy atom. The molecular formula is C23H25N7O3. The fourth-order valence-corrected chi connectivity index (χ4v) is 3.25. The number of rotatable bonds is 8. The number of aryl methyl sites for hydroxylation is 1. The van der Waals surface area contributed by atoms with E-state index in [0.717, 1.165) is 16.9 Å². The smallest absolute Gasteiger partial charge is 0.265 e. The van der Waals surface area contributed by atoms with Crippen LogP contribution < -0.4 is 21.1 Å². The molecule has 10 nitrogen and oxygen atoms in total. The molecule has 2 aromatic carbocycles. The van der Waals surface area contributed by atoms with Crippen molar-refractivity contribution in [2.75, 3.05) is 30.0 Å². The monoisotopic (exact) mass is 447 g/mol. The van der Waals surface area contributed by atoms with E-state index in [2.05, 4.69) is 25.9 Å². The van der Waals surface area contributed by atoms with Crippen molar-refractivity contribution in [3.8, 4) is 28.6 Å². The molecule has 0 aliphatic rings. The first-order chi connectivity index (χ1) is 16.0. The summed E-state index contributed by atoms with van der Waals surface area (Å²) in [5.74, 6) is 1.79. The largest absolute Gasteiger partial charge is 0.497 e. The summed E-state index contributed by atoms with van der Waals surface area (Å²) >= 11 is 0. The molecule has 0 saturated carbocycles. The lowest BCUT2D eigenvalue weighted by Crippen LogP contribution is -2.20. The maximum absolute atomic E-state index is 12.6. The second kappa shape index (κ2) is 9.43. The molecule has 0 radical (unpaired) electrons. The number of nitrogens with zero attached hydrogens (tertiary/aromatic N) is 4. The molecule has 4 rings (SSSR count). The van der Waals surface area contributed by atoms with Crippen LogP contribution in [-0.4, -0.2) is 39.5 Å². The summed E-state index contributed by atoms with van der Waals surface area (Å²) in [7, 11) is 1.60. The SMILES string of the molecule is CCNc1nn(CC(=O)Nc2ccc(C)cc2)c(N)c1-c1nc(-c2ccc(OC)cc2)no1. The number of benzene rings is 2. The van der Waals surface area contributed by atoms with Gasteiger partial charge in [0.15, 0.2) is 5.82 Å². The minimum absolute atomic E-state index is 0.0718. The summed E-state index contributed by atoms with van der Waals surface area (Å²) in [4.78, 5) is 17.1. The first-order valence-electron chi connectivity index (χ1n) is 10.4. The van der Waals surface area contributed by atoms with Crippen LogP contribution in [0.3, 0.4) is 0 Å². The van der Waals surface area contributed by atoms with Gasteiger partial charge < -0.3 is 25.6 Å². The number of aromatic nitrogens is 4. The van der Waals surface area contributed by atoms with Gasteiger partial charge in [0.05, 0.1) is 7.11 Å². The molecule has 0 aliphatic heterocycles. The zero-order valence-corrected chi connectivity index (χ0v) is 18.6. The maximum atomic E-state index is 12.6. The van der Waals surface area contributed by atoms with Crippen molar-refractivity contribution in [1.82, 2.24) is 19.9 Å². The van der Waals surface area contributed by atoms with E-state index in [-0.39, 0.29) is 24.2 Å². The van der Waals surface area contributed by atoms with Crippen molar-refractivity contribution in [3.63, 3.8) is 0 Å². The Kier molecular flexibility index (Phi) is 6.25. The number of carbonyl (C=O) groups excluding carboxylic acids is 1. The molecule has 0 aliphatic carbocycles. The van der Waals surface area contributed by atoms with E-state index >= 15 is 0 Å².